The van der Waals surface area contributed by atoms with Gasteiger partial charge in [-0.25, -0.2) is 0 Å². The van der Waals surface area contributed by atoms with Crippen LogP contribution in [0.5, 0.6) is 11.5 Å². The number of carbonyl (C=O) groups excluding carboxylic acids is 1. The number of ether oxygens (including phenoxy) is 2. The first-order chi connectivity index (χ1) is 10.1. The van der Waals surface area contributed by atoms with Crippen molar-refractivity contribution in [3.63, 3.8) is 0 Å². The van der Waals surface area contributed by atoms with Crippen molar-refractivity contribution in [1.29, 1.82) is 0 Å². The average Bonchev–Trinajstić information content (AvgIpc) is 2.57. The Bertz CT molecular complexity index is 428. The number of carbonyl (C=O) groups is 1. The lowest BCUT2D eigenvalue weighted by Gasteiger charge is -2.35. The fraction of sp³-hybridized carbons (Fsp3) is 0.611. The summed E-state index contributed by atoms with van der Waals surface area (Å²) in [6, 6.07) is 7.45. The highest BCUT2D eigenvalue weighted by Crippen LogP contribution is 2.36. The number of rotatable bonds is 3. The molecule has 1 aliphatic heterocycles. The minimum atomic E-state index is -0.857. The minimum Gasteiger partial charge on any atom is -0.485 e. The minimum absolute atomic E-state index is 0.00568. The molecule has 0 aliphatic carbocycles. The summed E-state index contributed by atoms with van der Waals surface area (Å²) in [6.45, 7) is 14.0. The summed E-state index contributed by atoms with van der Waals surface area (Å²) in [5.74, 6) is 1.46. The molecule has 0 fully saturated rings. The maximum absolute atomic E-state index is 12.3. The molecule has 21 heavy (non-hydrogen) atoms. The Kier molecular flexibility index (Phi) is 8.75. The van der Waals surface area contributed by atoms with Gasteiger partial charge in [-0.3, -0.25) is 4.79 Å². The molecule has 1 aromatic carbocycles. The van der Waals surface area contributed by atoms with E-state index >= 15 is 0 Å². The van der Waals surface area contributed by atoms with Gasteiger partial charge in [-0.15, -0.1) is 0 Å². The Hall–Kier alpha value is -1.51. The predicted octanol–water partition coefficient (Wildman–Crippen LogP) is 4.88. The first kappa shape index (κ1) is 19.5. The molecule has 0 saturated heterocycles. The molecule has 0 N–H and O–H groups in total. The van der Waals surface area contributed by atoms with Gasteiger partial charge >= 0.3 is 0 Å². The molecule has 0 radical (unpaired) electrons. The van der Waals surface area contributed by atoms with Gasteiger partial charge in [0.2, 0.25) is 0 Å². The standard InChI is InChI=1S/C14H18O3.2C2H6/c1-4-10(2)13(15)14(3)9-16-11-7-5-6-8-12(11)17-14;2*1-2/h5-8,10H,4,9H2,1-3H3;2*1-2H3. The van der Waals surface area contributed by atoms with Crippen LogP contribution in [-0.2, 0) is 4.79 Å². The van der Waals surface area contributed by atoms with Crippen LogP contribution in [0.4, 0.5) is 0 Å². The highest BCUT2D eigenvalue weighted by atomic mass is 16.6. The van der Waals surface area contributed by atoms with Crippen LogP contribution in [0.3, 0.4) is 0 Å². The predicted molar refractivity (Wildman–Crippen MR) is 88.1 cm³/mol. The lowest BCUT2D eigenvalue weighted by molar-refractivity contribution is -0.141. The van der Waals surface area contributed by atoms with Crippen molar-refractivity contribution in [2.24, 2.45) is 5.92 Å². The van der Waals surface area contributed by atoms with Crippen LogP contribution in [0.25, 0.3) is 0 Å². The molecule has 0 bridgehead atoms. The number of benzene rings is 1. The van der Waals surface area contributed by atoms with Crippen LogP contribution >= 0.6 is 0 Å². The van der Waals surface area contributed by atoms with Crippen molar-refractivity contribution < 1.29 is 14.3 Å². The van der Waals surface area contributed by atoms with E-state index < -0.39 is 5.60 Å². The third-order valence-electron chi connectivity index (χ3n) is 3.27. The lowest BCUT2D eigenvalue weighted by Crippen LogP contribution is -2.51. The number of hydrogen-bond acceptors (Lipinski definition) is 3. The summed E-state index contributed by atoms with van der Waals surface area (Å²) >= 11 is 0. The zero-order valence-corrected chi connectivity index (χ0v) is 14.5. The molecule has 120 valence electrons. The van der Waals surface area contributed by atoms with Gasteiger partial charge in [-0.2, -0.15) is 0 Å². The van der Waals surface area contributed by atoms with Gasteiger partial charge in [-0.1, -0.05) is 53.7 Å². The van der Waals surface area contributed by atoms with Gasteiger partial charge in [0.05, 0.1) is 0 Å². The fourth-order valence-corrected chi connectivity index (χ4v) is 1.97. The highest BCUT2D eigenvalue weighted by molar-refractivity contribution is 5.89. The lowest BCUT2D eigenvalue weighted by atomic mass is 9.89. The number of para-hydroxylation sites is 2. The summed E-state index contributed by atoms with van der Waals surface area (Å²) in [5, 5.41) is 0. The third kappa shape index (κ3) is 4.76. The topological polar surface area (TPSA) is 35.5 Å². The Morgan fingerprint density at radius 3 is 2.24 bits per heavy atom. The average molecular weight is 294 g/mol. The SMILES string of the molecule is CC.CC.CCC(C)C(=O)C1(C)COc2ccccc2O1. The summed E-state index contributed by atoms with van der Waals surface area (Å²) in [6.07, 6.45) is 0.819. The van der Waals surface area contributed by atoms with E-state index in [1.807, 2.05) is 65.8 Å². The molecule has 1 heterocycles. The second-order valence-corrected chi connectivity index (χ2v) is 4.74. The Morgan fingerprint density at radius 1 is 1.19 bits per heavy atom. The molecule has 1 aromatic rings. The first-order valence-corrected chi connectivity index (χ1v) is 8.02. The summed E-state index contributed by atoms with van der Waals surface area (Å²) < 4.78 is 11.4. The summed E-state index contributed by atoms with van der Waals surface area (Å²) in [4.78, 5) is 12.3. The Labute approximate surface area is 129 Å². The van der Waals surface area contributed by atoms with Gasteiger partial charge in [0.15, 0.2) is 22.9 Å². The summed E-state index contributed by atoms with van der Waals surface area (Å²) in [5.41, 5.74) is -0.857. The summed E-state index contributed by atoms with van der Waals surface area (Å²) in [7, 11) is 0. The fourth-order valence-electron chi connectivity index (χ4n) is 1.97. The molecule has 2 atom stereocenters. The number of ketones is 1. The molecule has 1 aliphatic rings. The zero-order valence-electron chi connectivity index (χ0n) is 14.5. The Morgan fingerprint density at radius 2 is 1.71 bits per heavy atom. The number of hydrogen-bond donors (Lipinski definition) is 0. The molecule has 0 aromatic heterocycles. The van der Waals surface area contributed by atoms with E-state index in [9.17, 15) is 4.79 Å². The van der Waals surface area contributed by atoms with Crippen molar-refractivity contribution in [2.45, 2.75) is 60.5 Å². The van der Waals surface area contributed by atoms with Gasteiger partial charge in [-0.05, 0) is 25.5 Å². The molecular formula is C18H30O3. The van der Waals surface area contributed by atoms with Crippen LogP contribution in [0.1, 0.15) is 54.9 Å². The molecule has 0 saturated carbocycles. The van der Waals surface area contributed by atoms with E-state index in [2.05, 4.69) is 0 Å². The van der Waals surface area contributed by atoms with Crippen molar-refractivity contribution in [1.82, 2.24) is 0 Å². The number of Topliss-reactive ketones (excluding diaryl/α,β-unsaturated/α-hetero) is 1. The van der Waals surface area contributed by atoms with E-state index in [1.165, 1.54) is 0 Å². The van der Waals surface area contributed by atoms with E-state index in [0.29, 0.717) is 11.5 Å². The number of fused-ring (bicyclic) bond motifs is 1. The normalized spacial score (nSPS) is 20.1. The van der Waals surface area contributed by atoms with E-state index in [4.69, 9.17) is 9.47 Å². The quantitative estimate of drug-likeness (QED) is 0.796. The monoisotopic (exact) mass is 294 g/mol. The second kappa shape index (κ2) is 9.43. The molecular weight excluding hydrogens is 264 g/mol. The van der Waals surface area contributed by atoms with Crippen LogP contribution in [-0.4, -0.2) is 18.0 Å². The van der Waals surface area contributed by atoms with Gasteiger partial charge in [0.25, 0.3) is 0 Å². The van der Waals surface area contributed by atoms with Crippen molar-refractivity contribution >= 4 is 5.78 Å². The highest BCUT2D eigenvalue weighted by Gasteiger charge is 2.41. The van der Waals surface area contributed by atoms with Crippen molar-refractivity contribution in [3.8, 4) is 11.5 Å². The first-order valence-electron chi connectivity index (χ1n) is 8.02. The smallest absolute Gasteiger partial charge is 0.198 e. The molecule has 2 rings (SSSR count). The van der Waals surface area contributed by atoms with Gasteiger partial charge in [0.1, 0.15) is 6.61 Å². The zero-order chi connectivity index (χ0) is 16.5. The Balaban J connectivity index is 0.000000921. The van der Waals surface area contributed by atoms with Crippen molar-refractivity contribution in [2.75, 3.05) is 6.61 Å². The van der Waals surface area contributed by atoms with Crippen molar-refractivity contribution in [3.05, 3.63) is 24.3 Å². The van der Waals surface area contributed by atoms with E-state index in [1.54, 1.807) is 6.92 Å². The molecule has 3 nitrogen and oxygen atoms in total. The van der Waals surface area contributed by atoms with Crippen LogP contribution in [0.2, 0.25) is 0 Å². The van der Waals surface area contributed by atoms with Gasteiger partial charge in [0, 0.05) is 5.92 Å². The van der Waals surface area contributed by atoms with E-state index in [-0.39, 0.29) is 18.3 Å². The maximum Gasteiger partial charge on any atom is 0.198 e. The largest absolute Gasteiger partial charge is 0.485 e. The molecule has 2 unspecified atom stereocenters. The molecule has 0 amide bonds. The second-order valence-electron chi connectivity index (χ2n) is 4.74. The van der Waals surface area contributed by atoms with Crippen LogP contribution < -0.4 is 9.47 Å². The van der Waals surface area contributed by atoms with Crippen LogP contribution in [0, 0.1) is 5.92 Å². The van der Waals surface area contributed by atoms with Crippen LogP contribution in [0.15, 0.2) is 24.3 Å². The van der Waals surface area contributed by atoms with Gasteiger partial charge < -0.3 is 9.47 Å². The molecule has 0 spiro atoms. The molecule has 3 heteroatoms. The maximum atomic E-state index is 12.3. The van der Waals surface area contributed by atoms with E-state index in [0.717, 1.165) is 6.42 Å². The third-order valence-corrected chi connectivity index (χ3v) is 3.27.